The van der Waals surface area contributed by atoms with Crippen LogP contribution in [0.4, 0.5) is 0 Å². The van der Waals surface area contributed by atoms with Gasteiger partial charge in [0.25, 0.3) is 0 Å². The lowest BCUT2D eigenvalue weighted by Gasteiger charge is -2.15. The molecule has 0 spiro atoms. The summed E-state index contributed by atoms with van der Waals surface area (Å²) in [5, 5.41) is 10.3. The van der Waals surface area contributed by atoms with Crippen molar-refractivity contribution in [1.82, 2.24) is 0 Å². The minimum absolute atomic E-state index is 0.560. The van der Waals surface area contributed by atoms with Crippen molar-refractivity contribution >= 4 is 34.5 Å². The summed E-state index contributed by atoms with van der Waals surface area (Å²) in [4.78, 5) is 0. The highest BCUT2D eigenvalue weighted by molar-refractivity contribution is 7.20. The summed E-state index contributed by atoms with van der Waals surface area (Å²) < 4.78 is 1.18. The molecule has 19 heavy (non-hydrogen) atoms. The van der Waals surface area contributed by atoms with E-state index in [0.29, 0.717) is 15.1 Å². The van der Waals surface area contributed by atoms with E-state index in [0.717, 1.165) is 5.56 Å². The zero-order chi connectivity index (χ0) is 14.2. The molecule has 2 rings (SSSR count). The molecule has 1 N–H and O–H groups in total. The smallest absolute Gasteiger partial charge is 0.100 e. The van der Waals surface area contributed by atoms with E-state index < -0.39 is 6.10 Å². The zero-order valence-electron chi connectivity index (χ0n) is 11.1. The van der Waals surface area contributed by atoms with Crippen molar-refractivity contribution in [3.8, 4) is 0 Å². The van der Waals surface area contributed by atoms with Gasteiger partial charge >= 0.3 is 0 Å². The van der Waals surface area contributed by atoms with Crippen LogP contribution in [0.5, 0.6) is 0 Å². The Bertz CT molecular complexity index is 581. The summed E-state index contributed by atoms with van der Waals surface area (Å²) in [6.07, 6.45) is -0.0542. The van der Waals surface area contributed by atoms with Crippen LogP contribution in [0.15, 0.2) is 18.2 Å². The van der Waals surface area contributed by atoms with Crippen LogP contribution >= 0.6 is 34.5 Å². The van der Waals surface area contributed by atoms with E-state index in [1.54, 1.807) is 6.07 Å². The number of benzene rings is 1. The van der Waals surface area contributed by atoms with Gasteiger partial charge in [-0.2, -0.15) is 0 Å². The lowest BCUT2D eigenvalue weighted by atomic mass is 9.94. The molecule has 1 nitrogen and oxygen atoms in total. The van der Waals surface area contributed by atoms with E-state index in [-0.39, 0.29) is 0 Å². The van der Waals surface area contributed by atoms with Crippen molar-refractivity contribution in [3.05, 3.63) is 54.7 Å². The maximum Gasteiger partial charge on any atom is 0.100 e. The molecule has 1 heterocycles. The van der Waals surface area contributed by atoms with Gasteiger partial charge in [-0.25, -0.2) is 0 Å². The number of aliphatic hydroxyl groups is 1. The number of aryl methyl sites for hydroxylation is 3. The standard InChI is InChI=1S/C15H16Cl2OS/c1-8-4-9(2)11(10(3)5-8)6-13(18)12-7-14(16)19-15(12)17/h4-5,7,13,18H,6H2,1-3H3. The number of hydrogen-bond donors (Lipinski definition) is 1. The maximum atomic E-state index is 10.3. The molecule has 4 heteroatoms. The van der Waals surface area contributed by atoms with Crippen molar-refractivity contribution in [1.29, 1.82) is 0 Å². The van der Waals surface area contributed by atoms with Gasteiger partial charge in [-0.15, -0.1) is 11.3 Å². The topological polar surface area (TPSA) is 20.2 Å². The second kappa shape index (κ2) is 5.84. The molecular formula is C15H16Cl2OS. The molecule has 1 unspecified atom stereocenters. The number of thiophene rings is 1. The quantitative estimate of drug-likeness (QED) is 0.819. The van der Waals surface area contributed by atoms with Gasteiger partial charge in [0.05, 0.1) is 10.4 Å². The van der Waals surface area contributed by atoms with Crippen LogP contribution in [0, 0.1) is 20.8 Å². The number of aliphatic hydroxyl groups excluding tert-OH is 1. The molecule has 0 aliphatic carbocycles. The zero-order valence-corrected chi connectivity index (χ0v) is 13.5. The summed E-state index contributed by atoms with van der Waals surface area (Å²) in [5.74, 6) is 0. The van der Waals surface area contributed by atoms with E-state index in [2.05, 4.69) is 32.9 Å². The van der Waals surface area contributed by atoms with Crippen LogP contribution < -0.4 is 0 Å². The molecular weight excluding hydrogens is 299 g/mol. The highest BCUT2D eigenvalue weighted by Gasteiger charge is 2.17. The average molecular weight is 315 g/mol. The van der Waals surface area contributed by atoms with Crippen molar-refractivity contribution in [2.75, 3.05) is 0 Å². The first-order valence-corrected chi connectivity index (χ1v) is 7.65. The predicted molar refractivity (Wildman–Crippen MR) is 83.7 cm³/mol. The van der Waals surface area contributed by atoms with Crippen LogP contribution in [-0.2, 0) is 6.42 Å². The van der Waals surface area contributed by atoms with Gasteiger partial charge in [0.2, 0.25) is 0 Å². The Morgan fingerprint density at radius 1 is 1.11 bits per heavy atom. The van der Waals surface area contributed by atoms with Gasteiger partial charge < -0.3 is 5.11 Å². The minimum atomic E-state index is -0.614. The second-order valence-electron chi connectivity index (χ2n) is 4.88. The highest BCUT2D eigenvalue weighted by Crippen LogP contribution is 2.36. The van der Waals surface area contributed by atoms with Crippen molar-refractivity contribution < 1.29 is 5.11 Å². The molecule has 0 amide bonds. The fraction of sp³-hybridized carbons (Fsp3) is 0.333. The van der Waals surface area contributed by atoms with Crippen LogP contribution in [0.25, 0.3) is 0 Å². The van der Waals surface area contributed by atoms with Gasteiger partial charge in [-0.3, -0.25) is 0 Å². The summed E-state index contributed by atoms with van der Waals surface area (Å²) in [6, 6.07) is 6.02. The van der Waals surface area contributed by atoms with Crippen LogP contribution in [0.1, 0.15) is 33.9 Å². The lowest BCUT2D eigenvalue weighted by molar-refractivity contribution is 0.178. The third-order valence-corrected chi connectivity index (χ3v) is 4.80. The predicted octanol–water partition coefficient (Wildman–Crippen LogP) is 5.26. The Morgan fingerprint density at radius 3 is 2.16 bits per heavy atom. The van der Waals surface area contributed by atoms with Gasteiger partial charge in [0.1, 0.15) is 4.34 Å². The molecule has 0 fully saturated rings. The SMILES string of the molecule is Cc1cc(C)c(CC(O)c2cc(Cl)sc2Cl)c(C)c1. The molecule has 0 bridgehead atoms. The first kappa shape index (κ1) is 14.9. The first-order chi connectivity index (χ1) is 8.88. The largest absolute Gasteiger partial charge is 0.388 e. The van der Waals surface area contributed by atoms with Crippen molar-refractivity contribution in [2.45, 2.75) is 33.3 Å². The van der Waals surface area contributed by atoms with E-state index in [1.165, 1.54) is 33.6 Å². The summed E-state index contributed by atoms with van der Waals surface area (Å²) in [5.41, 5.74) is 5.54. The number of hydrogen-bond acceptors (Lipinski definition) is 2. The monoisotopic (exact) mass is 314 g/mol. The molecule has 0 aliphatic rings. The molecule has 0 saturated carbocycles. The Labute approximate surface area is 127 Å². The molecule has 1 aromatic heterocycles. The molecule has 102 valence electrons. The molecule has 0 saturated heterocycles. The van der Waals surface area contributed by atoms with Crippen LogP contribution in [0.2, 0.25) is 8.67 Å². The molecule has 0 aliphatic heterocycles. The first-order valence-electron chi connectivity index (χ1n) is 6.08. The fourth-order valence-electron chi connectivity index (χ4n) is 2.42. The average Bonchev–Trinajstić information content (AvgIpc) is 2.62. The van der Waals surface area contributed by atoms with Crippen LogP contribution in [0.3, 0.4) is 0 Å². The fourth-order valence-corrected chi connectivity index (χ4v) is 3.98. The molecule has 1 aromatic carbocycles. The van der Waals surface area contributed by atoms with Crippen molar-refractivity contribution in [2.24, 2.45) is 0 Å². The number of halogens is 2. The third kappa shape index (κ3) is 3.32. The van der Waals surface area contributed by atoms with Crippen molar-refractivity contribution in [3.63, 3.8) is 0 Å². The van der Waals surface area contributed by atoms with E-state index in [4.69, 9.17) is 23.2 Å². The third-order valence-electron chi connectivity index (χ3n) is 3.28. The second-order valence-corrected chi connectivity index (χ2v) is 7.16. The van der Waals surface area contributed by atoms with Crippen LogP contribution in [-0.4, -0.2) is 5.11 Å². The molecule has 0 radical (unpaired) electrons. The minimum Gasteiger partial charge on any atom is -0.388 e. The molecule has 1 atom stereocenters. The van der Waals surface area contributed by atoms with E-state index in [9.17, 15) is 5.11 Å². The molecule has 2 aromatic rings. The Kier molecular flexibility index (Phi) is 4.57. The number of rotatable bonds is 3. The Morgan fingerprint density at radius 2 is 1.68 bits per heavy atom. The van der Waals surface area contributed by atoms with Gasteiger partial charge in [0, 0.05) is 12.0 Å². The summed E-state index contributed by atoms with van der Waals surface area (Å²) >= 11 is 13.3. The Balaban J connectivity index is 2.29. The maximum absolute atomic E-state index is 10.3. The van der Waals surface area contributed by atoms with E-state index >= 15 is 0 Å². The lowest BCUT2D eigenvalue weighted by Crippen LogP contribution is -2.05. The normalized spacial score (nSPS) is 12.7. The summed E-state index contributed by atoms with van der Waals surface area (Å²) in [7, 11) is 0. The van der Waals surface area contributed by atoms with Gasteiger partial charge in [-0.05, 0) is 43.5 Å². The van der Waals surface area contributed by atoms with Gasteiger partial charge in [-0.1, -0.05) is 40.9 Å². The van der Waals surface area contributed by atoms with Gasteiger partial charge in [0.15, 0.2) is 0 Å². The highest BCUT2D eigenvalue weighted by atomic mass is 35.5. The Hall–Kier alpha value is -0.540. The summed E-state index contributed by atoms with van der Waals surface area (Å²) in [6.45, 7) is 6.23. The van der Waals surface area contributed by atoms with E-state index in [1.807, 2.05) is 0 Å².